The standard InChI is InChI=1S/C16H27NOSi/c1-15(2,3)19(5,6)18-16(4)11-7-9-13-10-8-12-17-14(13)16/h8,10,12H,7,9,11H2,1-6H3. The van der Waals surface area contributed by atoms with E-state index < -0.39 is 8.32 Å². The van der Waals surface area contributed by atoms with Crippen molar-refractivity contribution >= 4 is 8.32 Å². The molecule has 0 saturated carbocycles. The van der Waals surface area contributed by atoms with Crippen molar-refractivity contribution in [1.82, 2.24) is 4.98 Å². The Morgan fingerprint density at radius 3 is 2.63 bits per heavy atom. The third-order valence-electron chi connectivity index (χ3n) is 4.78. The first-order chi connectivity index (χ1) is 8.66. The molecule has 1 aliphatic rings. The first kappa shape index (κ1) is 14.7. The fourth-order valence-corrected chi connectivity index (χ4v) is 4.30. The molecule has 0 amide bonds. The van der Waals surface area contributed by atoms with Crippen molar-refractivity contribution < 1.29 is 4.43 Å². The van der Waals surface area contributed by atoms with Gasteiger partial charge in [-0.05, 0) is 55.9 Å². The summed E-state index contributed by atoms with van der Waals surface area (Å²) in [6.07, 6.45) is 5.32. The highest BCUT2D eigenvalue weighted by molar-refractivity contribution is 6.74. The Kier molecular flexibility index (Phi) is 3.65. The van der Waals surface area contributed by atoms with Gasteiger partial charge in [-0.25, -0.2) is 0 Å². The average Bonchev–Trinajstić information content (AvgIpc) is 2.27. The number of nitrogens with zero attached hydrogens (tertiary/aromatic N) is 1. The predicted octanol–water partition coefficient (Wildman–Crippen LogP) is 4.65. The Balaban J connectivity index is 2.35. The molecule has 1 heterocycles. The molecule has 19 heavy (non-hydrogen) atoms. The van der Waals surface area contributed by atoms with E-state index in [2.05, 4.69) is 51.8 Å². The second-order valence-electron chi connectivity index (χ2n) is 7.46. The molecule has 0 aromatic carbocycles. The molecule has 106 valence electrons. The molecule has 0 fully saturated rings. The number of hydrogen-bond acceptors (Lipinski definition) is 2. The second kappa shape index (κ2) is 4.71. The van der Waals surface area contributed by atoms with Gasteiger partial charge in [-0.15, -0.1) is 0 Å². The number of aryl methyl sites for hydroxylation is 1. The summed E-state index contributed by atoms with van der Waals surface area (Å²) in [5.41, 5.74) is 2.35. The molecule has 0 saturated heterocycles. The molecule has 1 atom stereocenters. The molecule has 0 N–H and O–H groups in total. The fourth-order valence-electron chi connectivity index (χ4n) is 2.67. The van der Waals surface area contributed by atoms with Gasteiger partial charge in [0, 0.05) is 6.20 Å². The summed E-state index contributed by atoms with van der Waals surface area (Å²) < 4.78 is 6.73. The number of aromatic nitrogens is 1. The van der Waals surface area contributed by atoms with Gasteiger partial charge < -0.3 is 4.43 Å². The quantitative estimate of drug-likeness (QED) is 0.734. The maximum Gasteiger partial charge on any atom is 0.193 e. The summed E-state index contributed by atoms with van der Waals surface area (Å²) in [4.78, 5) is 4.64. The maximum absolute atomic E-state index is 6.73. The van der Waals surface area contributed by atoms with Crippen LogP contribution in [0.3, 0.4) is 0 Å². The average molecular weight is 277 g/mol. The lowest BCUT2D eigenvalue weighted by Gasteiger charge is -2.45. The van der Waals surface area contributed by atoms with Gasteiger partial charge >= 0.3 is 0 Å². The van der Waals surface area contributed by atoms with Crippen molar-refractivity contribution in [3.05, 3.63) is 29.6 Å². The molecule has 1 unspecified atom stereocenters. The summed E-state index contributed by atoms with van der Waals surface area (Å²) >= 11 is 0. The minimum atomic E-state index is -1.77. The summed E-state index contributed by atoms with van der Waals surface area (Å²) in [5, 5.41) is 0.238. The molecular formula is C16H27NOSi. The zero-order valence-corrected chi connectivity index (χ0v) is 14.2. The van der Waals surface area contributed by atoms with Crippen molar-refractivity contribution in [2.75, 3.05) is 0 Å². The van der Waals surface area contributed by atoms with Gasteiger partial charge in [-0.2, -0.15) is 0 Å². The molecule has 0 bridgehead atoms. The van der Waals surface area contributed by atoms with Gasteiger partial charge in [0.05, 0.1) is 11.3 Å². The summed E-state index contributed by atoms with van der Waals surface area (Å²) in [7, 11) is -1.77. The van der Waals surface area contributed by atoms with Crippen LogP contribution in [0.15, 0.2) is 18.3 Å². The van der Waals surface area contributed by atoms with Crippen LogP contribution in [-0.4, -0.2) is 13.3 Å². The molecule has 1 aliphatic carbocycles. The second-order valence-corrected chi connectivity index (χ2v) is 12.2. The van der Waals surface area contributed by atoms with Crippen molar-refractivity contribution in [1.29, 1.82) is 0 Å². The van der Waals surface area contributed by atoms with E-state index in [9.17, 15) is 0 Å². The summed E-state index contributed by atoms with van der Waals surface area (Å²) in [6, 6.07) is 4.24. The minimum Gasteiger partial charge on any atom is -0.406 e. The van der Waals surface area contributed by atoms with Crippen molar-refractivity contribution in [3.63, 3.8) is 0 Å². The van der Waals surface area contributed by atoms with E-state index in [0.29, 0.717) is 0 Å². The highest BCUT2D eigenvalue weighted by atomic mass is 28.4. The maximum atomic E-state index is 6.73. The zero-order valence-electron chi connectivity index (χ0n) is 13.2. The van der Waals surface area contributed by atoms with E-state index in [1.165, 1.54) is 17.7 Å². The molecule has 2 nitrogen and oxygen atoms in total. The zero-order chi connectivity index (χ0) is 14.3. The van der Waals surface area contributed by atoms with Crippen LogP contribution in [0.5, 0.6) is 0 Å². The molecule has 2 rings (SSSR count). The van der Waals surface area contributed by atoms with E-state index in [4.69, 9.17) is 4.43 Å². The lowest BCUT2D eigenvalue weighted by atomic mass is 9.84. The monoisotopic (exact) mass is 277 g/mol. The van der Waals surface area contributed by atoms with Gasteiger partial charge in [0.25, 0.3) is 0 Å². The lowest BCUT2D eigenvalue weighted by Crippen LogP contribution is -2.48. The third-order valence-corrected chi connectivity index (χ3v) is 9.35. The molecular weight excluding hydrogens is 250 g/mol. The SMILES string of the molecule is CC1(O[Si](C)(C)C(C)(C)C)CCCc2cccnc21. The van der Waals surface area contributed by atoms with Crippen LogP contribution < -0.4 is 0 Å². The fraction of sp³-hybridized carbons (Fsp3) is 0.688. The number of rotatable bonds is 2. The van der Waals surface area contributed by atoms with E-state index >= 15 is 0 Å². The van der Waals surface area contributed by atoms with Crippen LogP contribution in [0, 0.1) is 0 Å². The molecule has 1 aromatic rings. The first-order valence-corrected chi connectivity index (χ1v) is 10.2. The number of pyridine rings is 1. The van der Waals surface area contributed by atoms with Gasteiger partial charge in [-0.3, -0.25) is 4.98 Å². The van der Waals surface area contributed by atoms with Crippen LogP contribution >= 0.6 is 0 Å². The Morgan fingerprint density at radius 2 is 2.00 bits per heavy atom. The smallest absolute Gasteiger partial charge is 0.193 e. The van der Waals surface area contributed by atoms with Gasteiger partial charge in [0.15, 0.2) is 8.32 Å². The Labute approximate surface area is 118 Å². The molecule has 0 spiro atoms. The number of fused-ring (bicyclic) bond motifs is 1. The highest BCUT2D eigenvalue weighted by Gasteiger charge is 2.45. The van der Waals surface area contributed by atoms with E-state index in [1.807, 2.05) is 12.3 Å². The summed E-state index contributed by atoms with van der Waals surface area (Å²) in [6.45, 7) is 13.8. The molecule has 1 aromatic heterocycles. The van der Waals surface area contributed by atoms with Gasteiger partial charge in [0.2, 0.25) is 0 Å². The van der Waals surface area contributed by atoms with Crippen molar-refractivity contribution in [2.45, 2.75) is 70.7 Å². The summed E-state index contributed by atoms with van der Waals surface area (Å²) in [5.74, 6) is 0. The van der Waals surface area contributed by atoms with Gasteiger partial charge in [-0.1, -0.05) is 26.8 Å². The van der Waals surface area contributed by atoms with Crippen LogP contribution in [0.25, 0.3) is 0 Å². The molecule has 0 radical (unpaired) electrons. The van der Waals surface area contributed by atoms with Crippen molar-refractivity contribution in [3.8, 4) is 0 Å². The van der Waals surface area contributed by atoms with Crippen LogP contribution in [0.1, 0.15) is 51.8 Å². The Hall–Kier alpha value is -0.673. The normalized spacial score (nSPS) is 24.1. The largest absolute Gasteiger partial charge is 0.406 e. The topological polar surface area (TPSA) is 22.1 Å². The lowest BCUT2D eigenvalue weighted by molar-refractivity contribution is 0.0465. The first-order valence-electron chi connectivity index (χ1n) is 7.30. The predicted molar refractivity (Wildman–Crippen MR) is 82.8 cm³/mol. The van der Waals surface area contributed by atoms with Crippen molar-refractivity contribution in [2.24, 2.45) is 0 Å². The Morgan fingerprint density at radius 1 is 1.32 bits per heavy atom. The van der Waals surface area contributed by atoms with Crippen LogP contribution in [-0.2, 0) is 16.4 Å². The van der Waals surface area contributed by atoms with E-state index in [-0.39, 0.29) is 10.6 Å². The third kappa shape index (κ3) is 2.77. The van der Waals surface area contributed by atoms with E-state index in [1.54, 1.807) is 0 Å². The molecule has 0 aliphatic heterocycles. The number of hydrogen-bond donors (Lipinski definition) is 0. The van der Waals surface area contributed by atoms with Crippen LogP contribution in [0.4, 0.5) is 0 Å². The minimum absolute atomic E-state index is 0.197. The van der Waals surface area contributed by atoms with Gasteiger partial charge in [0.1, 0.15) is 0 Å². The molecule has 3 heteroatoms. The highest BCUT2D eigenvalue weighted by Crippen LogP contribution is 2.45. The Bertz CT molecular complexity index is 464. The van der Waals surface area contributed by atoms with E-state index in [0.717, 1.165) is 12.8 Å². The van der Waals surface area contributed by atoms with Crippen LogP contribution in [0.2, 0.25) is 18.1 Å².